The number of nitrogens with zero attached hydrogens (tertiary/aromatic N) is 2. The summed E-state index contributed by atoms with van der Waals surface area (Å²) in [6.45, 7) is 1.83. The molecule has 0 radical (unpaired) electrons. The van der Waals surface area contributed by atoms with E-state index in [1.165, 1.54) is 34.9 Å². The summed E-state index contributed by atoms with van der Waals surface area (Å²) in [5.41, 5.74) is 5.02. The molecule has 3 aromatic carbocycles. The summed E-state index contributed by atoms with van der Waals surface area (Å²) in [6, 6.07) is 21.6. The number of sulfonamides is 1. The van der Waals surface area contributed by atoms with Crippen molar-refractivity contribution in [3.05, 3.63) is 123 Å². The highest BCUT2D eigenvalue weighted by Gasteiger charge is 2.21. The first kappa shape index (κ1) is 26.0. The van der Waals surface area contributed by atoms with Gasteiger partial charge in [-0.05, 0) is 65.1 Å². The highest BCUT2D eigenvalue weighted by molar-refractivity contribution is 7.89. The Morgan fingerprint density at radius 1 is 1.00 bits per heavy atom. The third-order valence-electron chi connectivity index (χ3n) is 6.37. The third-order valence-corrected chi connectivity index (χ3v) is 7.30. The molecule has 0 aliphatic heterocycles. The maximum atomic E-state index is 13.9. The van der Waals surface area contributed by atoms with Crippen LogP contribution in [0, 0.1) is 12.7 Å². The number of primary sulfonamides is 1. The van der Waals surface area contributed by atoms with E-state index in [9.17, 15) is 22.8 Å². The van der Waals surface area contributed by atoms with Gasteiger partial charge in [-0.25, -0.2) is 17.9 Å². The summed E-state index contributed by atoms with van der Waals surface area (Å²) in [6.07, 6.45) is 1.91. The fraction of sp³-hybridized carbons (Fsp3) is 0.143. The predicted octanol–water partition coefficient (Wildman–Crippen LogP) is 4.55. The Labute approximate surface area is 214 Å². The van der Waals surface area contributed by atoms with Gasteiger partial charge in [0.05, 0.1) is 10.6 Å². The van der Waals surface area contributed by atoms with Crippen LogP contribution >= 0.6 is 0 Å². The molecule has 1 heterocycles. The topological polar surface area (TPSA) is 115 Å². The van der Waals surface area contributed by atoms with Gasteiger partial charge in [0.2, 0.25) is 15.6 Å². The molecular weight excluding hydrogens is 493 g/mol. The van der Waals surface area contributed by atoms with Gasteiger partial charge < -0.3 is 9.77 Å². The van der Waals surface area contributed by atoms with Gasteiger partial charge in [-0.15, -0.1) is 0 Å². The lowest BCUT2D eigenvalue weighted by atomic mass is 9.83. The zero-order valence-electron chi connectivity index (χ0n) is 20.3. The highest BCUT2D eigenvalue weighted by Crippen LogP contribution is 2.33. The van der Waals surface area contributed by atoms with Crippen molar-refractivity contribution in [2.45, 2.75) is 24.2 Å². The molecule has 4 aromatic rings. The molecule has 0 saturated carbocycles. The van der Waals surface area contributed by atoms with Crippen molar-refractivity contribution in [2.24, 2.45) is 17.3 Å². The molecular formula is C28H26FN3O4S. The van der Waals surface area contributed by atoms with E-state index in [1.54, 1.807) is 37.5 Å². The highest BCUT2D eigenvalue weighted by atomic mass is 32.2. The number of aryl methyl sites for hydroxylation is 2. The largest absolute Gasteiger partial charge is 0.411 e. The van der Waals surface area contributed by atoms with Gasteiger partial charge in [0.1, 0.15) is 5.82 Å². The number of rotatable bonds is 7. The van der Waals surface area contributed by atoms with Gasteiger partial charge in [0.25, 0.3) is 0 Å². The summed E-state index contributed by atoms with van der Waals surface area (Å²) in [5.74, 6) is -0.616. The van der Waals surface area contributed by atoms with E-state index in [2.05, 4.69) is 5.16 Å². The number of hydrogen-bond donors (Lipinski definition) is 2. The van der Waals surface area contributed by atoms with Gasteiger partial charge in [-0.2, -0.15) is 0 Å². The molecule has 0 aliphatic rings. The molecule has 1 atom stereocenters. The van der Waals surface area contributed by atoms with Gasteiger partial charge in [0, 0.05) is 37.2 Å². The molecule has 9 heteroatoms. The molecule has 1 aromatic heterocycles. The van der Waals surface area contributed by atoms with Crippen LogP contribution in [-0.2, 0) is 17.1 Å². The second kappa shape index (κ2) is 10.5. The number of oxime groups is 1. The van der Waals surface area contributed by atoms with Crippen LogP contribution in [0.2, 0.25) is 0 Å². The van der Waals surface area contributed by atoms with E-state index < -0.39 is 10.0 Å². The fourth-order valence-electron chi connectivity index (χ4n) is 4.36. The SMILES string of the molecule is Cc1cc(F)ccc1[C@H](CC(=NO)c1ccc(=O)n(C)c1)c1ccc(-c2ccc(S(N)(=O)=O)cc2)cc1. The van der Waals surface area contributed by atoms with Crippen molar-refractivity contribution in [3.8, 4) is 11.1 Å². The summed E-state index contributed by atoms with van der Waals surface area (Å²) in [5, 5.41) is 18.6. The molecule has 190 valence electrons. The number of aromatic nitrogens is 1. The van der Waals surface area contributed by atoms with Crippen LogP contribution in [0.25, 0.3) is 11.1 Å². The molecule has 37 heavy (non-hydrogen) atoms. The first-order chi connectivity index (χ1) is 17.6. The maximum absolute atomic E-state index is 13.9. The third kappa shape index (κ3) is 5.84. The van der Waals surface area contributed by atoms with Gasteiger partial charge in [-0.1, -0.05) is 47.6 Å². The summed E-state index contributed by atoms with van der Waals surface area (Å²) >= 11 is 0. The standard InChI is InChI=1S/C28H26FN3O4S/c1-18-15-23(29)10-13-25(18)26(16-27(31-34)22-9-14-28(33)32(2)17-22)21-5-3-19(4-6-21)20-7-11-24(12-8-20)37(30,35)36/h3-15,17,26,34H,16H2,1-2H3,(H2,30,35,36)/t26-/m1/s1. The molecule has 7 nitrogen and oxygen atoms in total. The minimum Gasteiger partial charge on any atom is -0.411 e. The molecule has 0 aliphatic carbocycles. The first-order valence-electron chi connectivity index (χ1n) is 11.4. The van der Waals surface area contributed by atoms with E-state index in [1.807, 2.05) is 31.2 Å². The number of benzene rings is 3. The molecule has 4 rings (SSSR count). The Kier molecular flexibility index (Phi) is 7.37. The monoisotopic (exact) mass is 519 g/mol. The average molecular weight is 520 g/mol. The maximum Gasteiger partial charge on any atom is 0.250 e. The zero-order chi connectivity index (χ0) is 26.7. The lowest BCUT2D eigenvalue weighted by molar-refractivity contribution is 0.317. The van der Waals surface area contributed by atoms with E-state index in [-0.39, 0.29) is 22.2 Å². The van der Waals surface area contributed by atoms with Crippen molar-refractivity contribution in [1.29, 1.82) is 0 Å². The van der Waals surface area contributed by atoms with Crippen molar-refractivity contribution in [1.82, 2.24) is 4.57 Å². The molecule has 3 N–H and O–H groups in total. The molecule has 0 amide bonds. The quantitative estimate of drug-likeness (QED) is 0.212. The average Bonchev–Trinajstić information content (AvgIpc) is 2.87. The van der Waals surface area contributed by atoms with E-state index in [0.29, 0.717) is 17.7 Å². The Morgan fingerprint density at radius 2 is 1.62 bits per heavy atom. The minimum absolute atomic E-state index is 0.0361. The Bertz CT molecular complexity index is 1630. The van der Waals surface area contributed by atoms with Crippen LogP contribution in [0.4, 0.5) is 4.39 Å². The molecule has 0 saturated heterocycles. The summed E-state index contributed by atoms with van der Waals surface area (Å²) in [4.78, 5) is 11.9. The van der Waals surface area contributed by atoms with E-state index in [4.69, 9.17) is 5.14 Å². The molecule has 0 unspecified atom stereocenters. The molecule has 0 fully saturated rings. The van der Waals surface area contributed by atoms with Crippen LogP contribution in [0.3, 0.4) is 0 Å². The van der Waals surface area contributed by atoms with Gasteiger partial charge in [0.15, 0.2) is 0 Å². The number of nitrogens with two attached hydrogens (primary N) is 1. The number of pyridine rings is 1. The van der Waals surface area contributed by atoms with Crippen LogP contribution in [0.5, 0.6) is 0 Å². The summed E-state index contributed by atoms with van der Waals surface area (Å²) in [7, 11) is -2.16. The van der Waals surface area contributed by atoms with E-state index in [0.717, 1.165) is 27.8 Å². The van der Waals surface area contributed by atoms with Crippen molar-refractivity contribution in [2.75, 3.05) is 0 Å². The number of halogens is 1. The lowest BCUT2D eigenvalue weighted by Gasteiger charge is -2.21. The number of hydrogen-bond acceptors (Lipinski definition) is 5. The van der Waals surface area contributed by atoms with Crippen molar-refractivity contribution >= 4 is 15.7 Å². The summed E-state index contributed by atoms with van der Waals surface area (Å²) < 4.78 is 38.4. The molecule has 0 spiro atoms. The van der Waals surface area contributed by atoms with Crippen molar-refractivity contribution < 1.29 is 18.0 Å². The second-order valence-electron chi connectivity index (χ2n) is 8.86. The first-order valence-corrected chi connectivity index (χ1v) is 13.0. The van der Waals surface area contributed by atoms with Gasteiger partial charge >= 0.3 is 0 Å². The Hall–Kier alpha value is -4.08. The Morgan fingerprint density at radius 3 is 2.16 bits per heavy atom. The lowest BCUT2D eigenvalue weighted by Crippen LogP contribution is -2.18. The predicted molar refractivity (Wildman–Crippen MR) is 141 cm³/mol. The van der Waals surface area contributed by atoms with Crippen LogP contribution in [0.15, 0.2) is 99.9 Å². The second-order valence-corrected chi connectivity index (χ2v) is 10.4. The van der Waals surface area contributed by atoms with Crippen LogP contribution in [0.1, 0.15) is 34.6 Å². The fourth-order valence-corrected chi connectivity index (χ4v) is 4.87. The minimum atomic E-state index is -3.78. The normalized spacial score (nSPS) is 12.9. The van der Waals surface area contributed by atoms with E-state index >= 15 is 0 Å². The smallest absolute Gasteiger partial charge is 0.250 e. The van der Waals surface area contributed by atoms with Crippen LogP contribution < -0.4 is 10.7 Å². The van der Waals surface area contributed by atoms with Crippen LogP contribution in [-0.4, -0.2) is 23.9 Å². The van der Waals surface area contributed by atoms with Gasteiger partial charge in [-0.3, -0.25) is 4.79 Å². The molecule has 0 bridgehead atoms. The Balaban J connectivity index is 1.72. The van der Waals surface area contributed by atoms with Crippen molar-refractivity contribution in [3.63, 3.8) is 0 Å². The zero-order valence-corrected chi connectivity index (χ0v) is 21.1.